The first-order valence-corrected chi connectivity index (χ1v) is 5.20. The van der Waals surface area contributed by atoms with Gasteiger partial charge in [-0.25, -0.2) is 4.79 Å². The summed E-state index contributed by atoms with van der Waals surface area (Å²) in [5.41, 5.74) is -0.391. The number of carbonyl (C=O) groups is 1. The number of rotatable bonds is 7. The van der Waals surface area contributed by atoms with Crippen molar-refractivity contribution in [3.8, 4) is 0 Å². The molecule has 0 aromatic rings. The highest BCUT2D eigenvalue weighted by molar-refractivity contribution is 5.65. The van der Waals surface area contributed by atoms with Crippen molar-refractivity contribution in [3.05, 3.63) is 0 Å². The van der Waals surface area contributed by atoms with Crippen molar-refractivity contribution < 1.29 is 9.90 Å². The Morgan fingerprint density at radius 3 is 2.50 bits per heavy atom. The van der Waals surface area contributed by atoms with Gasteiger partial charge in [0, 0.05) is 6.54 Å². The maximum atomic E-state index is 10.4. The second-order valence-corrected chi connectivity index (χ2v) is 4.20. The molecule has 0 aromatic heterocycles. The third-order valence-electron chi connectivity index (χ3n) is 1.97. The van der Waals surface area contributed by atoms with Gasteiger partial charge in [-0.05, 0) is 26.8 Å². The van der Waals surface area contributed by atoms with Gasteiger partial charge in [-0.1, -0.05) is 19.8 Å². The van der Waals surface area contributed by atoms with Gasteiger partial charge in [-0.2, -0.15) is 0 Å². The summed E-state index contributed by atoms with van der Waals surface area (Å²) in [7, 11) is 0. The molecule has 0 bridgehead atoms. The fourth-order valence-corrected chi connectivity index (χ4v) is 1.23. The lowest BCUT2D eigenvalue weighted by Crippen LogP contribution is -2.49. The van der Waals surface area contributed by atoms with Crippen LogP contribution in [0.4, 0.5) is 4.79 Å². The van der Waals surface area contributed by atoms with Gasteiger partial charge in [0.25, 0.3) is 0 Å². The Labute approximate surface area is 86.1 Å². The van der Waals surface area contributed by atoms with E-state index in [0.717, 1.165) is 13.0 Å². The SMILES string of the molecule is CCCCCNCC(C)(C)NC(=O)O. The van der Waals surface area contributed by atoms with Gasteiger partial charge < -0.3 is 15.7 Å². The highest BCUT2D eigenvalue weighted by Crippen LogP contribution is 1.99. The molecule has 0 unspecified atom stereocenters. The van der Waals surface area contributed by atoms with Crippen molar-refractivity contribution in [3.63, 3.8) is 0 Å². The van der Waals surface area contributed by atoms with Gasteiger partial charge >= 0.3 is 6.09 Å². The van der Waals surface area contributed by atoms with Crippen LogP contribution in [0.3, 0.4) is 0 Å². The molecule has 4 nitrogen and oxygen atoms in total. The summed E-state index contributed by atoms with van der Waals surface area (Å²) in [5.74, 6) is 0. The zero-order valence-electron chi connectivity index (χ0n) is 9.39. The van der Waals surface area contributed by atoms with E-state index in [1.165, 1.54) is 12.8 Å². The molecule has 0 saturated heterocycles. The molecule has 4 heteroatoms. The molecule has 0 radical (unpaired) electrons. The molecule has 0 atom stereocenters. The zero-order valence-corrected chi connectivity index (χ0v) is 9.39. The summed E-state index contributed by atoms with van der Waals surface area (Å²) in [4.78, 5) is 10.4. The Hall–Kier alpha value is -0.770. The first-order chi connectivity index (χ1) is 6.48. The normalized spacial score (nSPS) is 11.4. The summed E-state index contributed by atoms with van der Waals surface area (Å²) in [5, 5.41) is 14.3. The lowest BCUT2D eigenvalue weighted by atomic mass is 10.1. The second kappa shape index (κ2) is 6.65. The maximum Gasteiger partial charge on any atom is 0.405 e. The third-order valence-corrected chi connectivity index (χ3v) is 1.97. The molecule has 14 heavy (non-hydrogen) atoms. The van der Waals surface area contributed by atoms with Crippen LogP contribution < -0.4 is 10.6 Å². The van der Waals surface area contributed by atoms with Crippen LogP contribution in [0.25, 0.3) is 0 Å². The summed E-state index contributed by atoms with van der Waals surface area (Å²) >= 11 is 0. The molecule has 84 valence electrons. The van der Waals surface area contributed by atoms with E-state index in [4.69, 9.17) is 5.11 Å². The topological polar surface area (TPSA) is 61.4 Å². The van der Waals surface area contributed by atoms with Gasteiger partial charge in [0.05, 0.1) is 5.54 Å². The van der Waals surface area contributed by atoms with Gasteiger partial charge in [0.1, 0.15) is 0 Å². The highest BCUT2D eigenvalue weighted by Gasteiger charge is 2.18. The largest absolute Gasteiger partial charge is 0.465 e. The van der Waals surface area contributed by atoms with Crippen molar-refractivity contribution in [1.29, 1.82) is 0 Å². The van der Waals surface area contributed by atoms with E-state index in [0.29, 0.717) is 6.54 Å². The van der Waals surface area contributed by atoms with E-state index in [-0.39, 0.29) is 0 Å². The molecule has 0 aliphatic heterocycles. The Kier molecular flexibility index (Phi) is 6.28. The molecule has 0 heterocycles. The van der Waals surface area contributed by atoms with Gasteiger partial charge in [-0.15, -0.1) is 0 Å². The van der Waals surface area contributed by atoms with Gasteiger partial charge in [-0.3, -0.25) is 0 Å². The van der Waals surface area contributed by atoms with Crippen molar-refractivity contribution in [2.24, 2.45) is 0 Å². The standard InChI is InChI=1S/C10H22N2O2/c1-4-5-6-7-11-8-10(2,3)12-9(13)14/h11-12H,4-8H2,1-3H3,(H,13,14). The monoisotopic (exact) mass is 202 g/mol. The van der Waals surface area contributed by atoms with Gasteiger partial charge in [0.15, 0.2) is 0 Å². The lowest BCUT2D eigenvalue weighted by molar-refractivity contribution is 0.181. The molecule has 0 aliphatic rings. The number of carboxylic acid groups (broad SMARTS) is 1. The fraction of sp³-hybridized carbons (Fsp3) is 0.900. The van der Waals surface area contributed by atoms with Crippen LogP contribution in [0.2, 0.25) is 0 Å². The number of hydrogen-bond donors (Lipinski definition) is 3. The van der Waals surface area contributed by atoms with E-state index in [9.17, 15) is 4.79 Å². The molecule has 0 fully saturated rings. The quantitative estimate of drug-likeness (QED) is 0.552. The van der Waals surface area contributed by atoms with Crippen LogP contribution >= 0.6 is 0 Å². The van der Waals surface area contributed by atoms with E-state index in [1.54, 1.807) is 0 Å². The minimum absolute atomic E-state index is 0.391. The first-order valence-electron chi connectivity index (χ1n) is 5.20. The molecule has 3 N–H and O–H groups in total. The second-order valence-electron chi connectivity index (χ2n) is 4.20. The predicted octanol–water partition coefficient (Wildman–Crippen LogP) is 1.81. The molecule has 0 aromatic carbocycles. The van der Waals surface area contributed by atoms with Crippen molar-refractivity contribution in [1.82, 2.24) is 10.6 Å². The molecule has 0 rings (SSSR count). The van der Waals surface area contributed by atoms with Crippen molar-refractivity contribution in [2.75, 3.05) is 13.1 Å². The number of unbranched alkanes of at least 4 members (excludes halogenated alkanes) is 2. The molecule has 0 saturated carbocycles. The summed E-state index contributed by atoms with van der Waals surface area (Å²) < 4.78 is 0. The average molecular weight is 202 g/mol. The Morgan fingerprint density at radius 1 is 1.36 bits per heavy atom. The fourth-order valence-electron chi connectivity index (χ4n) is 1.23. The minimum atomic E-state index is -0.967. The minimum Gasteiger partial charge on any atom is -0.465 e. The molecular weight excluding hydrogens is 180 g/mol. The average Bonchev–Trinajstić information content (AvgIpc) is 2.01. The highest BCUT2D eigenvalue weighted by atomic mass is 16.4. The maximum absolute atomic E-state index is 10.4. The van der Waals surface area contributed by atoms with E-state index in [1.807, 2.05) is 13.8 Å². The Morgan fingerprint density at radius 2 is 2.00 bits per heavy atom. The molecular formula is C10H22N2O2. The first kappa shape index (κ1) is 13.2. The van der Waals surface area contributed by atoms with Crippen LogP contribution in [-0.4, -0.2) is 29.8 Å². The van der Waals surface area contributed by atoms with Crippen molar-refractivity contribution in [2.45, 2.75) is 45.6 Å². The summed E-state index contributed by atoms with van der Waals surface area (Å²) in [6.07, 6.45) is 2.61. The van der Waals surface area contributed by atoms with Crippen LogP contribution in [0.5, 0.6) is 0 Å². The lowest BCUT2D eigenvalue weighted by Gasteiger charge is -2.24. The van der Waals surface area contributed by atoms with E-state index >= 15 is 0 Å². The number of nitrogens with one attached hydrogen (secondary N) is 2. The van der Waals surface area contributed by atoms with Crippen LogP contribution in [0, 0.1) is 0 Å². The van der Waals surface area contributed by atoms with Crippen molar-refractivity contribution >= 4 is 6.09 Å². The van der Waals surface area contributed by atoms with Gasteiger partial charge in [0.2, 0.25) is 0 Å². The predicted molar refractivity (Wildman–Crippen MR) is 57.6 cm³/mol. The zero-order chi connectivity index (χ0) is 11.0. The Bertz CT molecular complexity index is 170. The van der Waals surface area contributed by atoms with E-state index < -0.39 is 11.6 Å². The molecule has 1 amide bonds. The number of amides is 1. The Balaban J connectivity index is 3.50. The molecule has 0 spiro atoms. The van der Waals surface area contributed by atoms with E-state index in [2.05, 4.69) is 17.6 Å². The van der Waals surface area contributed by atoms with Crippen LogP contribution in [0.15, 0.2) is 0 Å². The summed E-state index contributed by atoms with van der Waals surface area (Å²) in [6, 6.07) is 0. The summed E-state index contributed by atoms with van der Waals surface area (Å²) in [6.45, 7) is 7.53. The smallest absolute Gasteiger partial charge is 0.405 e. The number of hydrogen-bond acceptors (Lipinski definition) is 2. The molecule has 0 aliphatic carbocycles. The van der Waals surface area contributed by atoms with Crippen LogP contribution in [0.1, 0.15) is 40.0 Å². The van der Waals surface area contributed by atoms with Crippen LogP contribution in [-0.2, 0) is 0 Å². The third kappa shape index (κ3) is 7.86.